The number of benzene rings is 2. The zero-order chi connectivity index (χ0) is 29.8. The van der Waals surface area contributed by atoms with Crippen LogP contribution < -0.4 is 18.3 Å². The van der Waals surface area contributed by atoms with Crippen molar-refractivity contribution < 1.29 is 35.8 Å². The van der Waals surface area contributed by atoms with Crippen molar-refractivity contribution in [2.24, 2.45) is 0 Å². The highest BCUT2D eigenvalue weighted by Gasteiger charge is 2.70. The molecule has 7 heterocycles. The highest BCUT2D eigenvalue weighted by Crippen LogP contribution is 2.49. The zero-order valence-corrected chi connectivity index (χ0v) is 23.8. The van der Waals surface area contributed by atoms with E-state index in [4.69, 9.17) is 0 Å². The van der Waals surface area contributed by atoms with Gasteiger partial charge in [-0.2, -0.15) is 0 Å². The molecule has 0 saturated carbocycles. The molecule has 3 aliphatic heterocycles. The molecule has 2 aromatic carbocycles. The van der Waals surface area contributed by atoms with E-state index < -0.39 is 33.9 Å². The molecule has 212 valence electrons. The largest absolute Gasteiger partial charge is 0.449 e. The molecule has 3 aliphatic rings. The number of halogens is 4. The Morgan fingerprint density at radius 1 is 0.545 bits per heavy atom. The van der Waals surface area contributed by atoms with E-state index in [1.54, 1.807) is 0 Å². The normalized spacial score (nSPS) is 20.3. The van der Waals surface area contributed by atoms with E-state index in [9.17, 15) is 0 Å². The number of pyridine rings is 4. The summed E-state index contributed by atoms with van der Waals surface area (Å²) in [4.78, 5) is -1.17. The number of rotatable bonds is 0. The Hall–Kier alpha value is -4.89. The summed E-state index contributed by atoms with van der Waals surface area (Å²) in [6.45, 7) is 0. The number of thioether (sulfide) groups is 1. The molecular weight excluding hydrogens is 584 g/mol. The lowest BCUT2D eigenvalue weighted by molar-refractivity contribution is -0.999. The van der Waals surface area contributed by atoms with Crippen molar-refractivity contribution in [3.05, 3.63) is 162 Å². The van der Waals surface area contributed by atoms with Crippen LogP contribution in [-0.4, -0.2) is 0 Å². The lowest BCUT2D eigenvalue weighted by Crippen LogP contribution is -2.79. The standard InChI is InChI=1S/C35H22F4N4S/c36-22-17-25-32(27(38)19-22)29-10-2-6-14-41(29)34(25)21-24-9-1-5-13-40(24)35(44-31-12-4-8-16-43(31)34)26-18-23(37)20-28(39)33(26)30-11-3-7-15-42(30)35/h1-20H,21H2/q+4. The van der Waals surface area contributed by atoms with E-state index in [0.29, 0.717) is 33.6 Å². The van der Waals surface area contributed by atoms with Gasteiger partial charge in [0.2, 0.25) is 17.1 Å². The van der Waals surface area contributed by atoms with Crippen molar-refractivity contribution in [1.29, 1.82) is 0 Å². The topological polar surface area (TPSA) is 15.5 Å². The van der Waals surface area contributed by atoms with Crippen LogP contribution in [0.5, 0.6) is 0 Å². The summed E-state index contributed by atoms with van der Waals surface area (Å²) < 4.78 is 69.8. The minimum absolute atomic E-state index is 0.269. The number of aromatic nitrogens is 4. The Morgan fingerprint density at radius 2 is 1.09 bits per heavy atom. The lowest BCUT2D eigenvalue weighted by Gasteiger charge is -2.27. The van der Waals surface area contributed by atoms with Crippen LogP contribution >= 0.6 is 11.8 Å². The van der Waals surface area contributed by atoms with Gasteiger partial charge in [-0.25, -0.2) is 17.6 Å². The molecule has 6 aromatic rings. The summed E-state index contributed by atoms with van der Waals surface area (Å²) in [5.74, 6) is -2.62. The minimum Gasteiger partial charge on any atom is -0.207 e. The van der Waals surface area contributed by atoms with E-state index >= 15 is 17.6 Å². The molecule has 0 amide bonds. The fourth-order valence-electron chi connectivity index (χ4n) is 7.42. The van der Waals surface area contributed by atoms with Gasteiger partial charge in [0.25, 0.3) is 5.03 Å². The average Bonchev–Trinajstić information content (AvgIpc) is 3.45. The zero-order valence-electron chi connectivity index (χ0n) is 23.0. The van der Waals surface area contributed by atoms with E-state index in [-0.39, 0.29) is 6.42 Å². The van der Waals surface area contributed by atoms with Crippen molar-refractivity contribution in [3.8, 4) is 22.5 Å². The number of hydrogen-bond acceptors (Lipinski definition) is 1. The summed E-state index contributed by atoms with van der Waals surface area (Å²) >= 11 is 1.42. The molecule has 2 spiro atoms. The number of nitrogens with zero attached hydrogens (tertiary/aromatic N) is 4. The van der Waals surface area contributed by atoms with Crippen LogP contribution in [0.4, 0.5) is 17.6 Å². The van der Waals surface area contributed by atoms with Gasteiger partial charge in [0.15, 0.2) is 31.2 Å². The SMILES string of the molecule is Fc1cc(F)c2c(c1)C1(Cc3cccc[n+]3C3(Sc4cccc[n+]41)c1cc(F)cc(F)c1-c1cccc[n+]13)[n+]1ccccc1-2. The van der Waals surface area contributed by atoms with Crippen molar-refractivity contribution in [1.82, 2.24) is 0 Å². The maximum atomic E-state index is 15.7. The summed E-state index contributed by atoms with van der Waals surface area (Å²) in [7, 11) is 0. The van der Waals surface area contributed by atoms with Gasteiger partial charge < -0.3 is 0 Å². The Kier molecular flexibility index (Phi) is 5.13. The Balaban J connectivity index is 1.44. The predicted octanol–water partition coefficient (Wildman–Crippen LogP) is 5.16. The molecule has 0 aliphatic carbocycles. The second-order valence-corrected chi connectivity index (χ2v) is 12.4. The van der Waals surface area contributed by atoms with Crippen molar-refractivity contribution in [2.45, 2.75) is 22.1 Å². The van der Waals surface area contributed by atoms with Gasteiger partial charge >= 0.3 is 10.7 Å². The minimum atomic E-state index is -1.17. The third-order valence-electron chi connectivity index (χ3n) is 9.02. The first-order valence-electron chi connectivity index (χ1n) is 14.2. The van der Waals surface area contributed by atoms with E-state index in [1.165, 1.54) is 23.9 Å². The van der Waals surface area contributed by atoms with Crippen molar-refractivity contribution >= 4 is 11.8 Å². The Bertz CT molecular complexity index is 2070. The van der Waals surface area contributed by atoms with Gasteiger partial charge in [-0.15, -0.1) is 18.3 Å². The van der Waals surface area contributed by atoms with Crippen LogP contribution in [0.25, 0.3) is 22.5 Å². The molecule has 2 atom stereocenters. The molecule has 44 heavy (non-hydrogen) atoms. The molecule has 0 N–H and O–H groups in total. The van der Waals surface area contributed by atoms with Crippen LogP contribution in [0, 0.1) is 23.3 Å². The maximum absolute atomic E-state index is 15.7. The first kappa shape index (κ1) is 25.6. The summed E-state index contributed by atoms with van der Waals surface area (Å²) in [5.41, 5.74) is 2.54. The molecule has 9 heteroatoms. The molecule has 0 saturated heterocycles. The molecule has 0 radical (unpaired) electrons. The number of fused-ring (bicyclic) bond motifs is 14. The average molecular weight is 607 g/mol. The second-order valence-electron chi connectivity index (χ2n) is 11.2. The summed E-state index contributed by atoms with van der Waals surface area (Å²) in [5, 5.41) is 0.731. The summed E-state index contributed by atoms with van der Waals surface area (Å²) in [6.07, 6.45) is 7.87. The molecular formula is C35H22F4N4S+4. The third kappa shape index (κ3) is 3.09. The first-order valence-corrected chi connectivity index (χ1v) is 15.0. The van der Waals surface area contributed by atoms with Gasteiger partial charge in [0.1, 0.15) is 51.7 Å². The Labute approximate surface area is 253 Å². The van der Waals surface area contributed by atoms with Crippen LogP contribution in [-0.2, 0) is 17.1 Å². The van der Waals surface area contributed by atoms with Crippen LogP contribution in [0.2, 0.25) is 0 Å². The molecule has 4 nitrogen and oxygen atoms in total. The third-order valence-corrected chi connectivity index (χ3v) is 10.5. The molecule has 0 fully saturated rings. The fraction of sp³-hybridized carbons (Fsp3) is 0.0857. The first-order chi connectivity index (χ1) is 21.4. The van der Waals surface area contributed by atoms with Crippen LogP contribution in [0.1, 0.15) is 16.8 Å². The van der Waals surface area contributed by atoms with Crippen LogP contribution in [0.15, 0.2) is 127 Å². The molecule has 9 rings (SSSR count). The van der Waals surface area contributed by atoms with E-state index in [2.05, 4.69) is 0 Å². The molecule has 0 bridgehead atoms. The quantitative estimate of drug-likeness (QED) is 0.172. The molecule has 2 unspecified atom stereocenters. The predicted molar refractivity (Wildman–Crippen MR) is 152 cm³/mol. The monoisotopic (exact) mass is 606 g/mol. The Morgan fingerprint density at radius 3 is 1.82 bits per heavy atom. The maximum Gasteiger partial charge on any atom is 0.449 e. The van der Waals surface area contributed by atoms with Crippen molar-refractivity contribution in [2.75, 3.05) is 0 Å². The second kappa shape index (κ2) is 8.83. The molecule has 4 aromatic heterocycles. The van der Waals surface area contributed by atoms with E-state index in [0.717, 1.165) is 22.9 Å². The smallest absolute Gasteiger partial charge is 0.207 e. The number of hydrogen-bond donors (Lipinski definition) is 0. The fourth-order valence-corrected chi connectivity index (χ4v) is 8.98. The van der Waals surface area contributed by atoms with E-state index in [1.807, 2.05) is 116 Å². The van der Waals surface area contributed by atoms with Gasteiger partial charge in [-0.05, 0) is 30.3 Å². The van der Waals surface area contributed by atoms with Crippen LogP contribution in [0.3, 0.4) is 0 Å². The highest BCUT2D eigenvalue weighted by atomic mass is 32.2. The van der Waals surface area contributed by atoms with Crippen molar-refractivity contribution in [3.63, 3.8) is 0 Å². The van der Waals surface area contributed by atoms with Gasteiger partial charge in [0, 0.05) is 60.7 Å². The van der Waals surface area contributed by atoms with Gasteiger partial charge in [0.05, 0.1) is 5.56 Å². The lowest BCUT2D eigenvalue weighted by atomic mass is 9.91. The highest BCUT2D eigenvalue weighted by molar-refractivity contribution is 7.99. The summed E-state index contributed by atoms with van der Waals surface area (Å²) in [6, 6.07) is 27.3. The van der Waals surface area contributed by atoms with Gasteiger partial charge in [-0.1, -0.05) is 6.07 Å². The van der Waals surface area contributed by atoms with Gasteiger partial charge in [-0.3, -0.25) is 0 Å².